The molecule has 162 valence electrons. The van der Waals surface area contributed by atoms with Gasteiger partial charge in [-0.25, -0.2) is 0 Å². The van der Waals surface area contributed by atoms with E-state index in [0.717, 1.165) is 45.5 Å². The van der Waals surface area contributed by atoms with Gasteiger partial charge >= 0.3 is 0 Å². The van der Waals surface area contributed by atoms with E-state index in [1.807, 2.05) is 49.4 Å². The van der Waals surface area contributed by atoms with Crippen LogP contribution in [-0.2, 0) is 0 Å². The lowest BCUT2D eigenvalue weighted by Gasteiger charge is -2.23. The molecule has 1 aliphatic heterocycles. The van der Waals surface area contributed by atoms with E-state index in [2.05, 4.69) is 40.6 Å². The fraction of sp³-hybridized carbons (Fsp3) is 0.240. The molecule has 2 heterocycles. The Kier molecular flexibility index (Phi) is 5.81. The van der Waals surface area contributed by atoms with E-state index in [1.165, 1.54) is 0 Å². The zero-order valence-electron chi connectivity index (χ0n) is 18.0. The number of fused-ring (bicyclic) bond motifs is 4. The topological polar surface area (TPSA) is 69.2 Å². The predicted molar refractivity (Wildman–Crippen MR) is 128 cm³/mol. The van der Waals surface area contributed by atoms with Gasteiger partial charge in [-0.15, -0.1) is 10.2 Å². The molecule has 0 amide bonds. The third kappa shape index (κ3) is 3.84. The standard InChI is InChI=1S/C25H24N4O2S/c1-3-15-32-25-27-24-22(28-29-25)18-11-7-8-12-19(18)26-23(31-24)21-17-10-6-5-9-16(17)13-14-20(21)30-4-2/h5-14,23,26H,3-4,15H2,1-2H3/t23-/m0/s1. The van der Waals surface area contributed by atoms with Crippen molar-refractivity contribution in [3.05, 3.63) is 66.2 Å². The van der Waals surface area contributed by atoms with Crippen molar-refractivity contribution < 1.29 is 9.47 Å². The van der Waals surface area contributed by atoms with Crippen molar-refractivity contribution in [3.8, 4) is 22.9 Å². The quantitative estimate of drug-likeness (QED) is 0.361. The number of thioether (sulfide) groups is 1. The number of nitrogens with one attached hydrogen (secondary N) is 1. The molecule has 3 aromatic carbocycles. The molecule has 0 saturated heterocycles. The molecular weight excluding hydrogens is 420 g/mol. The van der Waals surface area contributed by atoms with E-state index in [-0.39, 0.29) is 0 Å². The van der Waals surface area contributed by atoms with Gasteiger partial charge in [-0.2, -0.15) is 4.98 Å². The zero-order chi connectivity index (χ0) is 21.9. The molecule has 1 atom stereocenters. The van der Waals surface area contributed by atoms with Crippen molar-refractivity contribution >= 4 is 28.2 Å². The van der Waals surface area contributed by atoms with Crippen molar-refractivity contribution in [2.45, 2.75) is 31.7 Å². The average molecular weight is 445 g/mol. The number of rotatable bonds is 6. The van der Waals surface area contributed by atoms with Crippen LogP contribution in [0, 0.1) is 0 Å². The molecule has 7 heteroatoms. The fourth-order valence-electron chi connectivity index (χ4n) is 3.86. The molecule has 6 nitrogen and oxygen atoms in total. The Bertz CT molecular complexity index is 1260. The van der Waals surface area contributed by atoms with Crippen LogP contribution in [0.1, 0.15) is 32.1 Å². The van der Waals surface area contributed by atoms with Gasteiger partial charge in [0.1, 0.15) is 5.75 Å². The van der Waals surface area contributed by atoms with Crippen LogP contribution in [0.15, 0.2) is 65.8 Å². The van der Waals surface area contributed by atoms with Gasteiger partial charge in [-0.3, -0.25) is 0 Å². The molecule has 4 aromatic rings. The SMILES string of the molecule is CCCSc1nnc2c(n1)O[C@@H](c1c(OCC)ccc3ccccc13)Nc1ccccc1-2. The highest BCUT2D eigenvalue weighted by molar-refractivity contribution is 7.99. The first kappa shape index (κ1) is 20.6. The summed E-state index contributed by atoms with van der Waals surface area (Å²) in [5, 5.41) is 15.2. The van der Waals surface area contributed by atoms with Gasteiger partial charge in [-0.1, -0.05) is 67.2 Å². The maximum absolute atomic E-state index is 6.52. The van der Waals surface area contributed by atoms with Crippen LogP contribution < -0.4 is 14.8 Å². The zero-order valence-corrected chi connectivity index (χ0v) is 18.9. The predicted octanol–water partition coefficient (Wildman–Crippen LogP) is 6.10. The minimum Gasteiger partial charge on any atom is -0.493 e. The maximum Gasteiger partial charge on any atom is 0.247 e. The summed E-state index contributed by atoms with van der Waals surface area (Å²) in [7, 11) is 0. The first-order chi connectivity index (χ1) is 15.8. The summed E-state index contributed by atoms with van der Waals surface area (Å²) in [6.07, 6.45) is 0.526. The van der Waals surface area contributed by atoms with Crippen LogP contribution in [0.2, 0.25) is 0 Å². The summed E-state index contributed by atoms with van der Waals surface area (Å²) >= 11 is 1.58. The normalized spacial score (nSPS) is 14.6. The number of ether oxygens (including phenoxy) is 2. The van der Waals surface area contributed by atoms with Gasteiger partial charge in [0.05, 0.1) is 12.2 Å². The van der Waals surface area contributed by atoms with Crippen LogP contribution >= 0.6 is 11.8 Å². The van der Waals surface area contributed by atoms with Crippen LogP contribution in [0.4, 0.5) is 5.69 Å². The first-order valence-electron chi connectivity index (χ1n) is 10.8. The highest BCUT2D eigenvalue weighted by atomic mass is 32.2. The molecule has 1 N–H and O–H groups in total. The Morgan fingerprint density at radius 3 is 2.72 bits per heavy atom. The summed E-state index contributed by atoms with van der Waals surface area (Å²) in [6.45, 7) is 4.68. The molecule has 32 heavy (non-hydrogen) atoms. The number of benzene rings is 3. The second-order valence-electron chi connectivity index (χ2n) is 7.42. The molecule has 0 fully saturated rings. The van der Waals surface area contributed by atoms with E-state index in [0.29, 0.717) is 23.3 Å². The highest BCUT2D eigenvalue weighted by Gasteiger charge is 2.29. The molecule has 5 rings (SSSR count). The van der Waals surface area contributed by atoms with Crippen LogP contribution in [0.25, 0.3) is 22.0 Å². The minimum absolute atomic E-state index is 0.469. The van der Waals surface area contributed by atoms with Gasteiger partial charge < -0.3 is 14.8 Å². The van der Waals surface area contributed by atoms with Crippen molar-refractivity contribution in [2.75, 3.05) is 17.7 Å². The molecule has 1 aromatic heterocycles. The molecule has 0 aliphatic carbocycles. The smallest absolute Gasteiger partial charge is 0.247 e. The molecule has 0 unspecified atom stereocenters. The number of anilines is 1. The number of hydrogen-bond donors (Lipinski definition) is 1. The molecule has 1 aliphatic rings. The minimum atomic E-state index is -0.509. The molecule has 0 saturated carbocycles. The van der Waals surface area contributed by atoms with E-state index in [4.69, 9.17) is 14.5 Å². The van der Waals surface area contributed by atoms with E-state index < -0.39 is 6.23 Å². The van der Waals surface area contributed by atoms with Crippen LogP contribution in [-0.4, -0.2) is 27.5 Å². The fourth-order valence-corrected chi connectivity index (χ4v) is 4.49. The van der Waals surface area contributed by atoms with Gasteiger partial charge in [0, 0.05) is 17.0 Å². The van der Waals surface area contributed by atoms with Gasteiger partial charge in [0.2, 0.25) is 17.3 Å². The number of aromatic nitrogens is 3. The second-order valence-corrected chi connectivity index (χ2v) is 8.48. The summed E-state index contributed by atoms with van der Waals surface area (Å²) in [6, 6.07) is 20.3. The van der Waals surface area contributed by atoms with Gasteiger partial charge in [0.25, 0.3) is 0 Å². The van der Waals surface area contributed by atoms with Crippen molar-refractivity contribution in [2.24, 2.45) is 0 Å². The van der Waals surface area contributed by atoms with E-state index >= 15 is 0 Å². The summed E-state index contributed by atoms with van der Waals surface area (Å²) in [4.78, 5) is 4.73. The van der Waals surface area contributed by atoms with Gasteiger partial charge in [-0.05, 0) is 36.2 Å². The Hall–Kier alpha value is -3.32. The molecular formula is C25H24N4O2S. The van der Waals surface area contributed by atoms with Crippen LogP contribution in [0.3, 0.4) is 0 Å². The third-order valence-corrected chi connectivity index (χ3v) is 6.31. The second kappa shape index (κ2) is 9.04. The van der Waals surface area contributed by atoms with E-state index in [1.54, 1.807) is 11.8 Å². The highest BCUT2D eigenvalue weighted by Crippen LogP contribution is 2.43. The summed E-state index contributed by atoms with van der Waals surface area (Å²) < 4.78 is 12.5. The Labute approximate surface area is 191 Å². The largest absolute Gasteiger partial charge is 0.493 e. The lowest BCUT2D eigenvalue weighted by molar-refractivity contribution is 0.218. The maximum atomic E-state index is 6.52. The van der Waals surface area contributed by atoms with E-state index in [9.17, 15) is 0 Å². The summed E-state index contributed by atoms with van der Waals surface area (Å²) in [5.74, 6) is 2.18. The van der Waals surface area contributed by atoms with Crippen molar-refractivity contribution in [3.63, 3.8) is 0 Å². The number of para-hydroxylation sites is 1. The molecule has 0 radical (unpaired) electrons. The first-order valence-corrected chi connectivity index (χ1v) is 11.8. The van der Waals surface area contributed by atoms with Crippen LogP contribution in [0.5, 0.6) is 11.6 Å². The Morgan fingerprint density at radius 1 is 1.00 bits per heavy atom. The summed E-state index contributed by atoms with van der Waals surface area (Å²) in [5.41, 5.74) is 3.40. The average Bonchev–Trinajstić information content (AvgIpc) is 2.99. The lowest BCUT2D eigenvalue weighted by Crippen LogP contribution is -2.19. The Balaban J connectivity index is 1.68. The molecule has 0 bridgehead atoms. The number of hydrogen-bond acceptors (Lipinski definition) is 7. The molecule has 0 spiro atoms. The monoisotopic (exact) mass is 444 g/mol. The van der Waals surface area contributed by atoms with Crippen molar-refractivity contribution in [1.29, 1.82) is 0 Å². The van der Waals surface area contributed by atoms with Gasteiger partial charge in [0.15, 0.2) is 5.69 Å². The van der Waals surface area contributed by atoms with Crippen molar-refractivity contribution in [1.82, 2.24) is 15.2 Å². The Morgan fingerprint density at radius 2 is 1.84 bits per heavy atom. The number of nitrogens with zero attached hydrogens (tertiary/aromatic N) is 3. The third-order valence-electron chi connectivity index (χ3n) is 5.26. The lowest BCUT2D eigenvalue weighted by atomic mass is 10.0.